The van der Waals surface area contributed by atoms with E-state index in [1.165, 1.54) is 0 Å². The number of anilines is 1. The first-order chi connectivity index (χ1) is 15.1. The first-order valence-electron chi connectivity index (χ1n) is 9.76. The Kier molecular flexibility index (Phi) is 5.75. The van der Waals surface area contributed by atoms with Crippen LogP contribution in [0.2, 0.25) is 0 Å². The van der Waals surface area contributed by atoms with E-state index in [1.54, 1.807) is 50.6 Å². The summed E-state index contributed by atoms with van der Waals surface area (Å²) in [5.74, 6) is 1.51. The van der Waals surface area contributed by atoms with Gasteiger partial charge in [0.15, 0.2) is 0 Å². The molecule has 1 amide bonds. The molecule has 158 valence electrons. The Morgan fingerprint density at radius 2 is 1.77 bits per heavy atom. The van der Waals surface area contributed by atoms with Crippen LogP contribution in [-0.4, -0.2) is 29.5 Å². The van der Waals surface area contributed by atoms with Crippen LogP contribution in [0.25, 0.3) is 5.65 Å². The summed E-state index contributed by atoms with van der Waals surface area (Å²) in [6.07, 6.45) is 3.90. The highest BCUT2D eigenvalue weighted by atomic mass is 16.5. The molecule has 1 N–H and O–H groups in total. The van der Waals surface area contributed by atoms with E-state index in [-0.39, 0.29) is 5.91 Å². The summed E-state index contributed by atoms with van der Waals surface area (Å²) in [4.78, 5) is 17.3. The number of carbonyl (C=O) groups is 1. The average Bonchev–Trinajstić information content (AvgIpc) is 3.22. The Bertz CT molecular complexity index is 1210. The van der Waals surface area contributed by atoms with E-state index in [2.05, 4.69) is 10.3 Å². The average molecular weight is 417 g/mol. The molecule has 0 saturated carbocycles. The largest absolute Gasteiger partial charge is 0.497 e. The molecule has 0 unspecified atom stereocenters. The Morgan fingerprint density at radius 1 is 1.00 bits per heavy atom. The van der Waals surface area contributed by atoms with Gasteiger partial charge in [-0.15, -0.1) is 0 Å². The topological polar surface area (TPSA) is 74.1 Å². The van der Waals surface area contributed by atoms with E-state index in [0.717, 1.165) is 16.9 Å². The Hall–Kier alpha value is -4.00. The van der Waals surface area contributed by atoms with Crippen molar-refractivity contribution in [2.45, 2.75) is 13.5 Å². The van der Waals surface area contributed by atoms with Crippen LogP contribution < -0.4 is 19.5 Å². The highest BCUT2D eigenvalue weighted by molar-refractivity contribution is 6.04. The molecule has 4 rings (SSSR count). The van der Waals surface area contributed by atoms with Crippen molar-refractivity contribution in [2.24, 2.45) is 0 Å². The Morgan fingerprint density at radius 3 is 2.48 bits per heavy atom. The highest BCUT2D eigenvalue weighted by Crippen LogP contribution is 2.26. The molecule has 0 aliphatic rings. The number of pyridine rings is 1. The number of imidazole rings is 1. The van der Waals surface area contributed by atoms with Gasteiger partial charge in [-0.2, -0.15) is 0 Å². The summed E-state index contributed by atoms with van der Waals surface area (Å²) >= 11 is 0. The molecule has 7 heteroatoms. The highest BCUT2D eigenvalue weighted by Gasteiger charge is 2.10. The molecule has 2 aromatic carbocycles. The molecule has 31 heavy (non-hydrogen) atoms. The van der Waals surface area contributed by atoms with E-state index >= 15 is 0 Å². The zero-order valence-corrected chi connectivity index (χ0v) is 17.6. The lowest BCUT2D eigenvalue weighted by Crippen LogP contribution is -2.12. The predicted molar refractivity (Wildman–Crippen MR) is 118 cm³/mol. The Labute approximate surface area is 180 Å². The molecule has 0 atom stereocenters. The fourth-order valence-corrected chi connectivity index (χ4v) is 3.24. The quantitative estimate of drug-likeness (QED) is 0.480. The maximum atomic E-state index is 12.7. The molecular weight excluding hydrogens is 394 g/mol. The first kappa shape index (κ1) is 20.3. The second kappa shape index (κ2) is 8.79. The maximum absolute atomic E-state index is 12.7. The number of rotatable bonds is 7. The van der Waals surface area contributed by atoms with Crippen molar-refractivity contribution in [3.8, 4) is 17.2 Å². The van der Waals surface area contributed by atoms with Gasteiger partial charge in [-0.3, -0.25) is 4.79 Å². The van der Waals surface area contributed by atoms with E-state index in [0.29, 0.717) is 35.1 Å². The number of aromatic nitrogens is 2. The molecular formula is C24H23N3O4. The number of hydrogen-bond donors (Lipinski definition) is 1. The normalized spacial score (nSPS) is 10.7. The summed E-state index contributed by atoms with van der Waals surface area (Å²) in [5, 5.41) is 2.86. The van der Waals surface area contributed by atoms with Gasteiger partial charge < -0.3 is 23.9 Å². The molecule has 7 nitrogen and oxygen atoms in total. The number of carbonyl (C=O) groups excluding carboxylic acids is 1. The molecule has 0 fully saturated rings. The number of hydrogen-bond acceptors (Lipinski definition) is 5. The third-order valence-electron chi connectivity index (χ3n) is 4.82. The van der Waals surface area contributed by atoms with Crippen LogP contribution >= 0.6 is 0 Å². The van der Waals surface area contributed by atoms with E-state index in [9.17, 15) is 4.79 Å². The van der Waals surface area contributed by atoms with Crippen molar-refractivity contribution in [3.05, 3.63) is 83.8 Å². The lowest BCUT2D eigenvalue weighted by molar-refractivity contribution is 0.102. The summed E-state index contributed by atoms with van der Waals surface area (Å²) in [5.41, 5.74) is 3.87. The molecule has 0 aliphatic heterocycles. The molecule has 0 bridgehead atoms. The summed E-state index contributed by atoms with van der Waals surface area (Å²) in [6.45, 7) is 2.33. The monoisotopic (exact) mass is 417 g/mol. The van der Waals surface area contributed by atoms with Gasteiger partial charge in [0.2, 0.25) is 0 Å². The number of ether oxygens (including phenoxy) is 3. The van der Waals surface area contributed by atoms with Gasteiger partial charge >= 0.3 is 0 Å². The number of amides is 1. The molecule has 0 saturated heterocycles. The third-order valence-corrected chi connectivity index (χ3v) is 4.82. The number of methoxy groups -OCH3 is 2. The standard InChI is InChI=1S/C24H23N3O4/c1-16-6-5-9-27-14-19(25-23(16)27)15-31-20-8-4-7-17(10-20)24(28)26-18-11-21(29-2)13-22(12-18)30-3/h4-14H,15H2,1-3H3,(H,26,28). The zero-order valence-electron chi connectivity index (χ0n) is 17.6. The second-order valence-corrected chi connectivity index (χ2v) is 7.03. The number of fused-ring (bicyclic) bond motifs is 1. The number of nitrogens with zero attached hydrogens (tertiary/aromatic N) is 2. The zero-order chi connectivity index (χ0) is 21.8. The van der Waals surface area contributed by atoms with Crippen LogP contribution in [0.4, 0.5) is 5.69 Å². The van der Waals surface area contributed by atoms with Crippen molar-refractivity contribution in [2.75, 3.05) is 19.5 Å². The van der Waals surface area contributed by atoms with Crippen molar-refractivity contribution >= 4 is 17.2 Å². The van der Waals surface area contributed by atoms with Crippen LogP contribution in [0.5, 0.6) is 17.2 Å². The molecule has 0 spiro atoms. The summed E-state index contributed by atoms with van der Waals surface area (Å²) < 4.78 is 18.3. The van der Waals surface area contributed by atoms with Crippen LogP contribution in [0.15, 0.2) is 67.0 Å². The van der Waals surface area contributed by atoms with Crippen molar-refractivity contribution in [3.63, 3.8) is 0 Å². The summed E-state index contributed by atoms with van der Waals surface area (Å²) in [6, 6.07) is 16.2. The van der Waals surface area contributed by atoms with Gasteiger partial charge in [0.05, 0.1) is 19.9 Å². The fourth-order valence-electron chi connectivity index (χ4n) is 3.24. The number of aryl methyl sites for hydroxylation is 1. The molecule has 0 aliphatic carbocycles. The van der Waals surface area contributed by atoms with Crippen molar-refractivity contribution in [1.82, 2.24) is 9.38 Å². The predicted octanol–water partition coefficient (Wildman–Crippen LogP) is 4.49. The minimum absolute atomic E-state index is 0.260. The molecule has 4 aromatic rings. The van der Waals surface area contributed by atoms with Gasteiger partial charge in [0.1, 0.15) is 29.5 Å². The van der Waals surface area contributed by atoms with Crippen molar-refractivity contribution < 1.29 is 19.0 Å². The van der Waals surface area contributed by atoms with Gasteiger partial charge in [0, 0.05) is 41.8 Å². The van der Waals surface area contributed by atoms with Gasteiger partial charge in [-0.1, -0.05) is 12.1 Å². The van der Waals surface area contributed by atoms with Crippen molar-refractivity contribution in [1.29, 1.82) is 0 Å². The molecule has 2 aromatic heterocycles. The first-order valence-corrected chi connectivity index (χ1v) is 9.76. The number of benzene rings is 2. The summed E-state index contributed by atoms with van der Waals surface area (Å²) in [7, 11) is 3.12. The van der Waals surface area contributed by atoms with E-state index in [1.807, 2.05) is 41.9 Å². The molecule has 0 radical (unpaired) electrons. The minimum atomic E-state index is -0.260. The van der Waals surface area contributed by atoms with Gasteiger partial charge in [-0.05, 0) is 36.8 Å². The van der Waals surface area contributed by atoms with Gasteiger partial charge in [0.25, 0.3) is 5.91 Å². The second-order valence-electron chi connectivity index (χ2n) is 7.03. The van der Waals surface area contributed by atoms with Crippen LogP contribution in [0.1, 0.15) is 21.6 Å². The smallest absolute Gasteiger partial charge is 0.255 e. The Balaban J connectivity index is 1.46. The van der Waals surface area contributed by atoms with Crippen LogP contribution in [0.3, 0.4) is 0 Å². The van der Waals surface area contributed by atoms with E-state index < -0.39 is 0 Å². The maximum Gasteiger partial charge on any atom is 0.255 e. The van der Waals surface area contributed by atoms with Crippen LogP contribution in [0, 0.1) is 6.92 Å². The van der Waals surface area contributed by atoms with Gasteiger partial charge in [-0.25, -0.2) is 4.98 Å². The SMILES string of the molecule is COc1cc(NC(=O)c2cccc(OCc3cn4cccc(C)c4n3)c2)cc(OC)c1. The molecule has 2 heterocycles. The third kappa shape index (κ3) is 4.61. The van der Waals surface area contributed by atoms with E-state index in [4.69, 9.17) is 14.2 Å². The lowest BCUT2D eigenvalue weighted by atomic mass is 10.2. The number of nitrogens with one attached hydrogen (secondary N) is 1. The lowest BCUT2D eigenvalue weighted by Gasteiger charge is -2.11. The minimum Gasteiger partial charge on any atom is -0.497 e. The van der Waals surface area contributed by atoms with Crippen LogP contribution in [-0.2, 0) is 6.61 Å². The fraction of sp³-hybridized carbons (Fsp3) is 0.167.